The van der Waals surface area contributed by atoms with E-state index in [1.54, 1.807) is 0 Å². The van der Waals surface area contributed by atoms with Crippen molar-refractivity contribution in [3.05, 3.63) is 0 Å². The Bertz CT molecular complexity index is 229. The van der Waals surface area contributed by atoms with Crippen LogP contribution in [-0.2, 0) is 14.3 Å². The summed E-state index contributed by atoms with van der Waals surface area (Å²) in [7, 11) is 1.43. The first-order valence-corrected chi connectivity index (χ1v) is 7.16. The highest BCUT2D eigenvalue weighted by molar-refractivity contribution is 5.75. The lowest BCUT2D eigenvalue weighted by Crippen LogP contribution is -2.39. The summed E-state index contributed by atoms with van der Waals surface area (Å²) in [6.45, 7) is 4.37. The molecule has 0 amide bonds. The fraction of sp³-hybridized carbons (Fsp3) is 0.929. The maximum Gasteiger partial charge on any atom is 0.322 e. The van der Waals surface area contributed by atoms with Gasteiger partial charge in [0.25, 0.3) is 0 Å². The van der Waals surface area contributed by atoms with Crippen molar-refractivity contribution in [3.8, 4) is 0 Å². The minimum Gasteiger partial charge on any atom is -0.468 e. The molecule has 0 radical (unpaired) electrons. The number of hydrogen-bond donors (Lipinski definition) is 1. The van der Waals surface area contributed by atoms with Crippen molar-refractivity contribution in [2.24, 2.45) is 5.92 Å². The van der Waals surface area contributed by atoms with Crippen LogP contribution in [0.4, 0.5) is 0 Å². The number of rotatable bonds is 10. The normalized spacial score (nSPS) is 17.2. The highest BCUT2D eigenvalue weighted by atomic mass is 16.5. The van der Waals surface area contributed by atoms with E-state index in [4.69, 9.17) is 9.47 Å². The molecular weight excluding hydrogens is 230 g/mol. The molecule has 1 fully saturated rings. The maximum absolute atomic E-state index is 11.5. The molecule has 18 heavy (non-hydrogen) atoms. The molecule has 0 aromatic rings. The number of esters is 1. The number of hydrogen-bond acceptors (Lipinski definition) is 4. The largest absolute Gasteiger partial charge is 0.468 e. The van der Waals surface area contributed by atoms with Gasteiger partial charge < -0.3 is 14.8 Å². The van der Waals surface area contributed by atoms with E-state index >= 15 is 0 Å². The zero-order chi connectivity index (χ0) is 13.2. The van der Waals surface area contributed by atoms with Crippen molar-refractivity contribution in [1.29, 1.82) is 0 Å². The van der Waals surface area contributed by atoms with Crippen LogP contribution in [0.15, 0.2) is 0 Å². The highest BCUT2D eigenvalue weighted by Gasteiger charge is 2.19. The van der Waals surface area contributed by atoms with Crippen molar-refractivity contribution in [3.63, 3.8) is 0 Å². The summed E-state index contributed by atoms with van der Waals surface area (Å²) in [6, 6.07) is -0.223. The fourth-order valence-corrected chi connectivity index (χ4v) is 2.10. The molecule has 1 aliphatic rings. The standard InChI is InChI=1S/C14H27NO3/c1-3-9-15-13(14(16)17-2)8-11-18-10-7-12-5-4-6-12/h12-13,15H,3-11H2,1-2H3. The van der Waals surface area contributed by atoms with Crippen molar-refractivity contribution in [1.82, 2.24) is 5.32 Å². The quantitative estimate of drug-likeness (QED) is 0.481. The van der Waals surface area contributed by atoms with Crippen LogP contribution in [-0.4, -0.2) is 38.9 Å². The predicted molar refractivity (Wildman–Crippen MR) is 71.5 cm³/mol. The third-order valence-corrected chi connectivity index (χ3v) is 3.57. The van der Waals surface area contributed by atoms with Crippen LogP contribution in [0.25, 0.3) is 0 Å². The van der Waals surface area contributed by atoms with E-state index in [-0.39, 0.29) is 12.0 Å². The van der Waals surface area contributed by atoms with Crippen LogP contribution >= 0.6 is 0 Å². The van der Waals surface area contributed by atoms with E-state index < -0.39 is 0 Å². The molecule has 106 valence electrons. The lowest BCUT2D eigenvalue weighted by atomic mass is 9.83. The van der Waals surface area contributed by atoms with Crippen molar-refractivity contribution >= 4 is 5.97 Å². The molecule has 1 saturated carbocycles. The Morgan fingerprint density at radius 2 is 2.17 bits per heavy atom. The predicted octanol–water partition coefficient (Wildman–Crippen LogP) is 2.12. The molecular formula is C14H27NO3. The van der Waals surface area contributed by atoms with Crippen LogP contribution in [0, 0.1) is 5.92 Å². The third-order valence-electron chi connectivity index (χ3n) is 3.57. The Hall–Kier alpha value is -0.610. The number of carbonyl (C=O) groups excluding carboxylic acids is 1. The summed E-state index contributed by atoms with van der Waals surface area (Å²) in [6.07, 6.45) is 6.99. The van der Waals surface area contributed by atoms with E-state index in [1.807, 2.05) is 0 Å². The van der Waals surface area contributed by atoms with Gasteiger partial charge in [-0.2, -0.15) is 0 Å². The minimum absolute atomic E-state index is 0.189. The van der Waals surface area contributed by atoms with E-state index in [0.29, 0.717) is 13.0 Å². The SMILES string of the molecule is CCCNC(CCOCCC1CCC1)C(=O)OC. The molecule has 1 rings (SSSR count). The highest BCUT2D eigenvalue weighted by Crippen LogP contribution is 2.29. The van der Waals surface area contributed by atoms with Gasteiger partial charge in [0.2, 0.25) is 0 Å². The Labute approximate surface area is 110 Å². The number of carbonyl (C=O) groups is 1. The number of nitrogens with one attached hydrogen (secondary N) is 1. The summed E-state index contributed by atoms with van der Waals surface area (Å²) in [4.78, 5) is 11.5. The Balaban J connectivity index is 2.05. The fourth-order valence-electron chi connectivity index (χ4n) is 2.10. The summed E-state index contributed by atoms with van der Waals surface area (Å²) in [5.41, 5.74) is 0. The Morgan fingerprint density at radius 3 is 2.72 bits per heavy atom. The Morgan fingerprint density at radius 1 is 1.39 bits per heavy atom. The van der Waals surface area contributed by atoms with Crippen LogP contribution in [0.3, 0.4) is 0 Å². The molecule has 0 aromatic carbocycles. The maximum atomic E-state index is 11.5. The minimum atomic E-state index is -0.223. The van der Waals surface area contributed by atoms with E-state index in [1.165, 1.54) is 32.8 Å². The monoisotopic (exact) mass is 257 g/mol. The summed E-state index contributed by atoms with van der Waals surface area (Å²) in [5, 5.41) is 3.19. The van der Waals surface area contributed by atoms with E-state index in [0.717, 1.165) is 25.5 Å². The van der Waals surface area contributed by atoms with Crippen LogP contribution < -0.4 is 5.32 Å². The molecule has 1 aliphatic carbocycles. The van der Waals surface area contributed by atoms with Gasteiger partial charge in [-0.25, -0.2) is 0 Å². The smallest absolute Gasteiger partial charge is 0.322 e. The topological polar surface area (TPSA) is 47.6 Å². The van der Waals surface area contributed by atoms with Gasteiger partial charge in [0.1, 0.15) is 6.04 Å². The first-order chi connectivity index (χ1) is 8.77. The zero-order valence-electron chi connectivity index (χ0n) is 11.7. The van der Waals surface area contributed by atoms with Gasteiger partial charge in [-0.05, 0) is 31.7 Å². The molecule has 4 nitrogen and oxygen atoms in total. The van der Waals surface area contributed by atoms with Gasteiger partial charge in [-0.15, -0.1) is 0 Å². The molecule has 0 bridgehead atoms. The molecule has 0 heterocycles. The third kappa shape index (κ3) is 5.83. The van der Waals surface area contributed by atoms with Crippen LogP contribution in [0.2, 0.25) is 0 Å². The molecule has 1 N–H and O–H groups in total. The second-order valence-electron chi connectivity index (χ2n) is 5.02. The van der Waals surface area contributed by atoms with Gasteiger partial charge in [0, 0.05) is 13.2 Å². The van der Waals surface area contributed by atoms with Crippen LogP contribution in [0.5, 0.6) is 0 Å². The molecule has 0 aliphatic heterocycles. The Kier molecular flexibility index (Phi) is 8.01. The summed E-state index contributed by atoms with van der Waals surface area (Å²) in [5.74, 6) is 0.700. The van der Waals surface area contributed by atoms with Gasteiger partial charge in [0.05, 0.1) is 7.11 Å². The molecule has 0 spiro atoms. The lowest BCUT2D eigenvalue weighted by molar-refractivity contribution is -0.143. The molecule has 0 saturated heterocycles. The lowest BCUT2D eigenvalue weighted by Gasteiger charge is -2.25. The van der Waals surface area contributed by atoms with Crippen molar-refractivity contribution in [2.45, 2.75) is 51.5 Å². The van der Waals surface area contributed by atoms with Gasteiger partial charge >= 0.3 is 5.97 Å². The molecule has 1 unspecified atom stereocenters. The molecule has 0 aromatic heterocycles. The second kappa shape index (κ2) is 9.34. The average molecular weight is 257 g/mol. The first kappa shape index (κ1) is 15.4. The first-order valence-electron chi connectivity index (χ1n) is 7.16. The summed E-state index contributed by atoms with van der Waals surface area (Å²) >= 11 is 0. The van der Waals surface area contributed by atoms with Crippen molar-refractivity contribution in [2.75, 3.05) is 26.9 Å². The average Bonchev–Trinajstić information content (AvgIpc) is 2.34. The molecule has 4 heteroatoms. The number of methoxy groups -OCH3 is 1. The second-order valence-corrected chi connectivity index (χ2v) is 5.02. The van der Waals surface area contributed by atoms with E-state index in [2.05, 4.69) is 12.2 Å². The molecule has 1 atom stereocenters. The van der Waals surface area contributed by atoms with Gasteiger partial charge in [-0.3, -0.25) is 4.79 Å². The van der Waals surface area contributed by atoms with E-state index in [9.17, 15) is 4.79 Å². The number of ether oxygens (including phenoxy) is 2. The van der Waals surface area contributed by atoms with Gasteiger partial charge in [0.15, 0.2) is 0 Å². The van der Waals surface area contributed by atoms with Gasteiger partial charge in [-0.1, -0.05) is 26.2 Å². The van der Waals surface area contributed by atoms with Crippen LogP contribution in [0.1, 0.15) is 45.4 Å². The zero-order valence-corrected chi connectivity index (χ0v) is 11.7. The van der Waals surface area contributed by atoms with Crippen molar-refractivity contribution < 1.29 is 14.3 Å². The summed E-state index contributed by atoms with van der Waals surface area (Å²) < 4.78 is 10.4.